The van der Waals surface area contributed by atoms with Crippen LogP contribution >= 0.6 is 11.3 Å². The largest absolute Gasteiger partial charge is 0.496 e. The Kier molecular flexibility index (Phi) is 8.05. The average Bonchev–Trinajstić information content (AvgIpc) is 3.10. The molecule has 0 saturated carbocycles. The van der Waals surface area contributed by atoms with Crippen LogP contribution in [0.3, 0.4) is 0 Å². The minimum atomic E-state index is -0.0217. The number of hydrogen-bond donors (Lipinski definition) is 0. The molecule has 6 heteroatoms. The standard InChI is InChI=1S/C22H30N2O3S/c1-6-18(7-2)23(4)21(26)20-16(3)14-28-22(20)24(15-25)13-12-17-10-8-9-11-19(17)27-5/h8-11,14-15,18H,6-7,12-13H2,1-5H3. The van der Waals surface area contributed by atoms with E-state index in [4.69, 9.17) is 4.74 Å². The van der Waals surface area contributed by atoms with Gasteiger partial charge in [-0.2, -0.15) is 0 Å². The van der Waals surface area contributed by atoms with E-state index in [0.29, 0.717) is 23.5 Å². The lowest BCUT2D eigenvalue weighted by Gasteiger charge is -2.27. The first-order valence-corrected chi connectivity index (χ1v) is 10.5. The third-order valence-corrected chi connectivity index (χ3v) is 6.32. The summed E-state index contributed by atoms with van der Waals surface area (Å²) in [5.74, 6) is 0.784. The Morgan fingerprint density at radius 3 is 2.54 bits per heavy atom. The SMILES string of the molecule is CCC(CC)N(C)C(=O)c1c(C)csc1N(C=O)CCc1ccccc1OC. The monoisotopic (exact) mass is 402 g/mol. The molecule has 2 aromatic rings. The van der Waals surface area contributed by atoms with Crippen molar-refractivity contribution < 1.29 is 14.3 Å². The average molecular weight is 403 g/mol. The molecule has 1 aromatic heterocycles. The quantitative estimate of drug-likeness (QED) is 0.549. The molecule has 0 aliphatic carbocycles. The molecule has 0 bridgehead atoms. The third-order valence-electron chi connectivity index (χ3n) is 5.18. The molecule has 0 unspecified atom stereocenters. The molecule has 152 valence electrons. The van der Waals surface area contributed by atoms with Gasteiger partial charge in [-0.05, 0) is 48.8 Å². The Bertz CT molecular complexity index is 799. The van der Waals surface area contributed by atoms with Gasteiger partial charge in [-0.1, -0.05) is 32.0 Å². The summed E-state index contributed by atoms with van der Waals surface area (Å²) >= 11 is 1.44. The predicted molar refractivity (Wildman–Crippen MR) is 116 cm³/mol. The van der Waals surface area contributed by atoms with E-state index in [9.17, 15) is 9.59 Å². The van der Waals surface area contributed by atoms with Gasteiger partial charge in [0.05, 0.1) is 12.7 Å². The maximum Gasteiger partial charge on any atom is 0.257 e. The van der Waals surface area contributed by atoms with Crippen molar-refractivity contribution >= 4 is 28.7 Å². The molecule has 0 spiro atoms. The van der Waals surface area contributed by atoms with Crippen LogP contribution in [0.5, 0.6) is 5.75 Å². The minimum absolute atomic E-state index is 0.0217. The molecule has 5 nitrogen and oxygen atoms in total. The normalized spacial score (nSPS) is 10.8. The van der Waals surface area contributed by atoms with E-state index in [2.05, 4.69) is 13.8 Å². The van der Waals surface area contributed by atoms with Crippen molar-refractivity contribution in [1.82, 2.24) is 4.90 Å². The smallest absolute Gasteiger partial charge is 0.257 e. The highest BCUT2D eigenvalue weighted by Gasteiger charge is 2.26. The molecule has 0 atom stereocenters. The first-order valence-electron chi connectivity index (χ1n) is 9.67. The number of carbonyl (C=O) groups is 2. The van der Waals surface area contributed by atoms with Crippen LogP contribution in [-0.2, 0) is 11.2 Å². The van der Waals surface area contributed by atoms with E-state index in [1.54, 1.807) is 12.0 Å². The number of thiophene rings is 1. The zero-order valence-electron chi connectivity index (χ0n) is 17.4. The fourth-order valence-electron chi connectivity index (χ4n) is 3.43. The second-order valence-corrected chi connectivity index (χ2v) is 7.70. The molecule has 2 amide bonds. The summed E-state index contributed by atoms with van der Waals surface area (Å²) in [7, 11) is 3.49. The number of aryl methyl sites for hydroxylation is 1. The van der Waals surface area contributed by atoms with Crippen molar-refractivity contribution in [3.63, 3.8) is 0 Å². The van der Waals surface area contributed by atoms with Crippen LogP contribution in [0.15, 0.2) is 29.6 Å². The summed E-state index contributed by atoms with van der Waals surface area (Å²) < 4.78 is 5.40. The summed E-state index contributed by atoms with van der Waals surface area (Å²) in [6, 6.07) is 7.98. The molecule has 1 aromatic carbocycles. The van der Waals surface area contributed by atoms with Crippen LogP contribution in [0, 0.1) is 6.92 Å². The van der Waals surface area contributed by atoms with Gasteiger partial charge in [-0.3, -0.25) is 9.59 Å². The number of rotatable bonds is 10. The first-order chi connectivity index (χ1) is 13.5. The number of anilines is 1. The van der Waals surface area contributed by atoms with E-state index in [1.165, 1.54) is 11.3 Å². The number of hydrogen-bond acceptors (Lipinski definition) is 4. The Balaban J connectivity index is 2.26. The van der Waals surface area contributed by atoms with Crippen LogP contribution in [0.25, 0.3) is 0 Å². The topological polar surface area (TPSA) is 49.9 Å². The minimum Gasteiger partial charge on any atom is -0.496 e. The Labute approximate surface area is 171 Å². The van der Waals surface area contributed by atoms with Gasteiger partial charge < -0.3 is 14.5 Å². The molecule has 0 saturated heterocycles. The highest BCUT2D eigenvalue weighted by Crippen LogP contribution is 2.33. The van der Waals surface area contributed by atoms with Crippen LogP contribution in [0.2, 0.25) is 0 Å². The lowest BCUT2D eigenvalue weighted by atomic mass is 10.1. The summed E-state index contributed by atoms with van der Waals surface area (Å²) in [5, 5.41) is 2.66. The highest BCUT2D eigenvalue weighted by molar-refractivity contribution is 7.15. The van der Waals surface area contributed by atoms with Gasteiger partial charge in [0.1, 0.15) is 10.8 Å². The van der Waals surface area contributed by atoms with Crippen molar-refractivity contribution in [1.29, 1.82) is 0 Å². The van der Waals surface area contributed by atoms with Gasteiger partial charge in [0.25, 0.3) is 5.91 Å². The van der Waals surface area contributed by atoms with Gasteiger partial charge in [0.2, 0.25) is 6.41 Å². The summed E-state index contributed by atoms with van der Waals surface area (Å²) in [4.78, 5) is 28.5. The second kappa shape index (κ2) is 10.3. The van der Waals surface area contributed by atoms with E-state index in [0.717, 1.165) is 36.1 Å². The Morgan fingerprint density at radius 2 is 1.93 bits per heavy atom. The molecule has 0 aliphatic heterocycles. The highest BCUT2D eigenvalue weighted by atomic mass is 32.1. The summed E-state index contributed by atoms with van der Waals surface area (Å²) in [5.41, 5.74) is 2.57. The van der Waals surface area contributed by atoms with Crippen LogP contribution in [0.1, 0.15) is 48.2 Å². The van der Waals surface area contributed by atoms with E-state index < -0.39 is 0 Å². The van der Waals surface area contributed by atoms with Gasteiger partial charge in [0.15, 0.2) is 0 Å². The fourth-order valence-corrected chi connectivity index (χ4v) is 4.48. The summed E-state index contributed by atoms with van der Waals surface area (Å²) in [6.07, 6.45) is 3.27. The van der Waals surface area contributed by atoms with Crippen molar-refractivity contribution in [2.45, 2.75) is 46.1 Å². The third kappa shape index (κ3) is 4.73. The van der Waals surface area contributed by atoms with Gasteiger partial charge in [-0.15, -0.1) is 11.3 Å². The van der Waals surface area contributed by atoms with Crippen molar-refractivity contribution in [2.75, 3.05) is 25.6 Å². The number of nitrogens with zero attached hydrogens (tertiary/aromatic N) is 2. The first kappa shape index (κ1) is 22.0. The molecule has 28 heavy (non-hydrogen) atoms. The number of ether oxygens (including phenoxy) is 1. The molecule has 0 radical (unpaired) electrons. The van der Waals surface area contributed by atoms with Gasteiger partial charge in [-0.25, -0.2) is 0 Å². The lowest BCUT2D eigenvalue weighted by Crippen LogP contribution is -2.37. The second-order valence-electron chi connectivity index (χ2n) is 6.85. The zero-order valence-corrected chi connectivity index (χ0v) is 18.2. The van der Waals surface area contributed by atoms with E-state index >= 15 is 0 Å². The number of benzene rings is 1. The number of carbonyl (C=O) groups excluding carboxylic acids is 2. The lowest BCUT2D eigenvalue weighted by molar-refractivity contribution is -0.107. The Hall–Kier alpha value is -2.34. The molecule has 0 aliphatic rings. The molecule has 0 fully saturated rings. The number of para-hydroxylation sites is 1. The van der Waals surface area contributed by atoms with Gasteiger partial charge >= 0.3 is 0 Å². The summed E-state index contributed by atoms with van der Waals surface area (Å²) in [6.45, 7) is 6.59. The van der Waals surface area contributed by atoms with E-state index in [-0.39, 0.29) is 11.9 Å². The van der Waals surface area contributed by atoms with Crippen LogP contribution in [0.4, 0.5) is 5.00 Å². The van der Waals surface area contributed by atoms with Gasteiger partial charge in [0, 0.05) is 19.6 Å². The van der Waals surface area contributed by atoms with Crippen molar-refractivity contribution in [3.8, 4) is 5.75 Å². The molecule has 1 heterocycles. The van der Waals surface area contributed by atoms with Crippen molar-refractivity contribution in [3.05, 3.63) is 46.3 Å². The van der Waals surface area contributed by atoms with Crippen molar-refractivity contribution in [2.24, 2.45) is 0 Å². The molecular formula is C22H30N2O3S. The predicted octanol–water partition coefficient (Wildman–Crippen LogP) is 4.53. The van der Waals surface area contributed by atoms with E-state index in [1.807, 2.05) is 48.5 Å². The van der Waals surface area contributed by atoms with Crippen LogP contribution in [-0.4, -0.2) is 44.0 Å². The zero-order chi connectivity index (χ0) is 20.7. The van der Waals surface area contributed by atoms with Crippen LogP contribution < -0.4 is 9.64 Å². The number of methoxy groups -OCH3 is 1. The molecular weight excluding hydrogens is 372 g/mol. The maximum absolute atomic E-state index is 13.2. The fraction of sp³-hybridized carbons (Fsp3) is 0.455. The molecule has 0 N–H and O–H groups in total. The molecule has 2 rings (SSSR count). The Morgan fingerprint density at radius 1 is 1.25 bits per heavy atom. The number of amides is 2. The maximum atomic E-state index is 13.2.